The van der Waals surface area contributed by atoms with Gasteiger partial charge in [-0.3, -0.25) is 10.7 Å². The molecule has 0 saturated carbocycles. The SMILES string of the molecule is NC(=[NH+]CC(=O)O)C1COc2ccccc2O1.[Br-]. The van der Waals surface area contributed by atoms with E-state index in [2.05, 4.69) is 4.99 Å². The number of nitrogens with one attached hydrogen (secondary N) is 1. The van der Waals surface area contributed by atoms with Gasteiger partial charge in [-0.15, -0.1) is 0 Å². The number of fused-ring (bicyclic) bond motifs is 1. The average molecular weight is 317 g/mol. The zero-order valence-corrected chi connectivity index (χ0v) is 11.0. The lowest BCUT2D eigenvalue weighted by molar-refractivity contribution is -0.451. The zero-order valence-electron chi connectivity index (χ0n) is 9.43. The molecule has 98 valence electrons. The minimum Gasteiger partial charge on any atom is -1.00 e. The van der Waals surface area contributed by atoms with Crippen LogP contribution >= 0.6 is 0 Å². The van der Waals surface area contributed by atoms with Gasteiger partial charge in [-0.2, -0.15) is 0 Å². The number of hydrogen-bond acceptors (Lipinski definition) is 3. The molecule has 1 unspecified atom stereocenters. The molecule has 0 amide bonds. The molecule has 1 atom stereocenters. The van der Waals surface area contributed by atoms with Crippen molar-refractivity contribution >= 4 is 11.8 Å². The van der Waals surface area contributed by atoms with Crippen molar-refractivity contribution in [3.05, 3.63) is 24.3 Å². The Kier molecular flexibility index (Phi) is 4.96. The van der Waals surface area contributed by atoms with E-state index in [-0.39, 0.29) is 36.0 Å². The van der Waals surface area contributed by atoms with E-state index in [4.69, 9.17) is 20.3 Å². The number of amidine groups is 1. The summed E-state index contributed by atoms with van der Waals surface area (Å²) in [6, 6.07) is 7.24. The highest BCUT2D eigenvalue weighted by molar-refractivity contribution is 5.81. The van der Waals surface area contributed by atoms with E-state index >= 15 is 0 Å². The van der Waals surface area contributed by atoms with Crippen LogP contribution in [0.15, 0.2) is 24.3 Å². The molecule has 0 fully saturated rings. The average Bonchev–Trinajstić information content (AvgIpc) is 2.35. The fraction of sp³-hybridized carbons (Fsp3) is 0.273. The van der Waals surface area contributed by atoms with Crippen LogP contribution < -0.4 is 37.2 Å². The normalized spacial score (nSPS) is 17.8. The molecule has 1 aliphatic heterocycles. The van der Waals surface area contributed by atoms with Crippen LogP contribution in [0.2, 0.25) is 0 Å². The van der Waals surface area contributed by atoms with Crippen LogP contribution in [0.5, 0.6) is 11.5 Å². The van der Waals surface area contributed by atoms with Crippen LogP contribution in [-0.4, -0.2) is 36.2 Å². The quantitative estimate of drug-likeness (QED) is 0.385. The molecule has 6 nitrogen and oxygen atoms in total. The van der Waals surface area contributed by atoms with Crippen LogP contribution in [0, 0.1) is 0 Å². The Hall–Kier alpha value is -1.76. The first-order chi connectivity index (χ1) is 8.16. The Bertz CT molecular complexity index is 464. The standard InChI is InChI=1S/C11H12N2O4.BrH/c12-11(13-5-10(14)15)9-6-16-7-3-1-2-4-8(7)17-9;/h1-4,9H,5-6H2,(H2,12,13)(H,14,15);1H. The van der Waals surface area contributed by atoms with Crippen molar-refractivity contribution in [2.24, 2.45) is 5.73 Å². The molecule has 1 aromatic rings. The third kappa shape index (κ3) is 3.36. The number of nitrogens with two attached hydrogens (primary N) is 1. The zero-order chi connectivity index (χ0) is 12.3. The second-order valence-electron chi connectivity index (χ2n) is 3.57. The monoisotopic (exact) mass is 316 g/mol. The fourth-order valence-electron chi connectivity index (χ4n) is 1.46. The summed E-state index contributed by atoms with van der Waals surface area (Å²) in [6.45, 7) is 0.0167. The van der Waals surface area contributed by atoms with Gasteiger partial charge in [0.2, 0.25) is 6.10 Å². The molecule has 4 N–H and O–H groups in total. The minimum absolute atomic E-state index is 0. The fourth-order valence-corrected chi connectivity index (χ4v) is 1.46. The molecule has 1 heterocycles. The molecule has 18 heavy (non-hydrogen) atoms. The highest BCUT2D eigenvalue weighted by Gasteiger charge is 2.27. The van der Waals surface area contributed by atoms with Crippen LogP contribution in [-0.2, 0) is 4.79 Å². The van der Waals surface area contributed by atoms with Gasteiger partial charge in [0.15, 0.2) is 18.0 Å². The number of para-hydroxylation sites is 2. The Balaban J connectivity index is 0.00000162. The van der Waals surface area contributed by atoms with E-state index < -0.39 is 12.1 Å². The second kappa shape index (κ2) is 6.25. The van der Waals surface area contributed by atoms with Crippen molar-refractivity contribution in [2.75, 3.05) is 13.2 Å². The van der Waals surface area contributed by atoms with E-state index in [9.17, 15) is 4.79 Å². The molecule has 7 heteroatoms. The second-order valence-corrected chi connectivity index (χ2v) is 3.57. The smallest absolute Gasteiger partial charge is 0.345 e. The van der Waals surface area contributed by atoms with Crippen molar-refractivity contribution in [3.8, 4) is 11.5 Å². The lowest BCUT2D eigenvalue weighted by Gasteiger charge is -2.23. The first-order valence-corrected chi connectivity index (χ1v) is 5.13. The summed E-state index contributed by atoms with van der Waals surface area (Å²) in [4.78, 5) is 13.0. The first kappa shape index (κ1) is 14.3. The highest BCUT2D eigenvalue weighted by Crippen LogP contribution is 2.30. The Labute approximate surface area is 114 Å². The lowest BCUT2D eigenvalue weighted by atomic mass is 10.2. The number of carboxylic acid groups (broad SMARTS) is 1. The molecule has 1 aliphatic rings. The molecule has 0 saturated heterocycles. The maximum atomic E-state index is 10.4. The molecule has 0 radical (unpaired) electrons. The number of halogens is 1. The summed E-state index contributed by atoms with van der Waals surface area (Å²) < 4.78 is 11.0. The molecule has 0 aliphatic carbocycles. The van der Waals surface area contributed by atoms with Gasteiger partial charge in [-0.25, -0.2) is 4.79 Å². The van der Waals surface area contributed by atoms with Crippen LogP contribution in [0.3, 0.4) is 0 Å². The van der Waals surface area contributed by atoms with Gasteiger partial charge in [0.1, 0.15) is 6.61 Å². The number of benzene rings is 1. The van der Waals surface area contributed by atoms with Gasteiger partial charge in [-0.1, -0.05) is 12.1 Å². The predicted octanol–water partition coefficient (Wildman–Crippen LogP) is -4.65. The van der Waals surface area contributed by atoms with Gasteiger partial charge >= 0.3 is 5.97 Å². The Morgan fingerprint density at radius 3 is 2.78 bits per heavy atom. The maximum absolute atomic E-state index is 10.4. The summed E-state index contributed by atoms with van der Waals surface area (Å²) in [6.07, 6.45) is -0.482. The summed E-state index contributed by atoms with van der Waals surface area (Å²) in [5, 5.41) is 8.52. The largest absolute Gasteiger partial charge is 1.00 e. The summed E-state index contributed by atoms with van der Waals surface area (Å²) >= 11 is 0. The van der Waals surface area contributed by atoms with Gasteiger partial charge in [0, 0.05) is 0 Å². The number of aliphatic carboxylic acids is 1. The van der Waals surface area contributed by atoms with Crippen molar-refractivity contribution < 1.29 is 41.3 Å². The number of hydrogen-bond donors (Lipinski definition) is 3. The van der Waals surface area contributed by atoms with Crippen molar-refractivity contribution in [1.29, 1.82) is 0 Å². The third-order valence-corrected chi connectivity index (χ3v) is 2.30. The third-order valence-electron chi connectivity index (χ3n) is 2.30. The van der Waals surface area contributed by atoms with E-state index in [1.807, 2.05) is 12.1 Å². The van der Waals surface area contributed by atoms with Gasteiger partial charge < -0.3 is 31.6 Å². The molecular weight excluding hydrogens is 304 g/mol. The van der Waals surface area contributed by atoms with Crippen molar-refractivity contribution in [3.63, 3.8) is 0 Å². The molecule has 1 aromatic carbocycles. The highest BCUT2D eigenvalue weighted by atomic mass is 79.9. The Morgan fingerprint density at radius 1 is 1.44 bits per heavy atom. The number of carboxylic acids is 1. The molecule has 0 aromatic heterocycles. The van der Waals surface area contributed by atoms with Crippen molar-refractivity contribution in [2.45, 2.75) is 6.10 Å². The van der Waals surface area contributed by atoms with Crippen LogP contribution in [0.4, 0.5) is 0 Å². The summed E-state index contributed by atoms with van der Waals surface area (Å²) in [5.41, 5.74) is 5.69. The molecule has 0 bridgehead atoms. The van der Waals surface area contributed by atoms with E-state index in [1.165, 1.54) is 0 Å². The van der Waals surface area contributed by atoms with Crippen LogP contribution in [0.25, 0.3) is 0 Å². The van der Waals surface area contributed by atoms with E-state index in [0.717, 1.165) is 0 Å². The number of carbonyl (C=O) groups is 1. The van der Waals surface area contributed by atoms with E-state index in [0.29, 0.717) is 11.5 Å². The van der Waals surface area contributed by atoms with Gasteiger partial charge in [0.05, 0.1) is 0 Å². The lowest BCUT2D eigenvalue weighted by Crippen LogP contribution is -3.00. The Morgan fingerprint density at radius 2 is 2.11 bits per heavy atom. The molecular formula is C11H13BrN2O4. The number of ether oxygens (including phenoxy) is 2. The summed E-state index contributed by atoms with van der Waals surface area (Å²) in [5.74, 6) is 0.533. The van der Waals surface area contributed by atoms with Crippen LogP contribution in [0.1, 0.15) is 0 Å². The number of rotatable bonds is 3. The van der Waals surface area contributed by atoms with Crippen molar-refractivity contribution in [1.82, 2.24) is 0 Å². The molecule has 0 spiro atoms. The van der Waals surface area contributed by atoms with E-state index in [1.54, 1.807) is 12.1 Å². The van der Waals surface area contributed by atoms with Gasteiger partial charge in [-0.05, 0) is 12.1 Å². The minimum atomic E-state index is -0.981. The van der Waals surface area contributed by atoms with Gasteiger partial charge in [0.25, 0.3) is 5.84 Å². The first-order valence-electron chi connectivity index (χ1n) is 5.13. The maximum Gasteiger partial charge on any atom is 0.345 e. The predicted molar refractivity (Wildman–Crippen MR) is 59.0 cm³/mol. The topological polar surface area (TPSA) is 95.8 Å². The summed E-state index contributed by atoms with van der Waals surface area (Å²) in [7, 11) is 0. The molecule has 2 rings (SSSR count).